The smallest absolute Gasteiger partial charge is 0.297 e. The average Bonchev–Trinajstić information content (AvgIpc) is 2.46. The molecule has 5 nitrogen and oxygen atoms in total. The highest BCUT2D eigenvalue weighted by Gasteiger charge is 2.09. The average molecular weight is 242 g/mol. The molecule has 2 rings (SSSR count). The van der Waals surface area contributed by atoms with Gasteiger partial charge in [0.25, 0.3) is 0 Å². The minimum Gasteiger partial charge on any atom is -0.297 e. The van der Waals surface area contributed by atoms with Crippen molar-refractivity contribution in [3.63, 3.8) is 0 Å². The largest absolute Gasteiger partial charge is 0.354 e. The van der Waals surface area contributed by atoms with Gasteiger partial charge in [-0.1, -0.05) is 36.4 Å². The molecule has 0 fully saturated rings. The van der Waals surface area contributed by atoms with E-state index >= 15 is 0 Å². The molecule has 18 heavy (non-hydrogen) atoms. The molecule has 2 aromatic rings. The number of hydrogen-bond acceptors (Lipinski definition) is 3. The Morgan fingerprint density at radius 1 is 0.944 bits per heavy atom. The quantitative estimate of drug-likeness (QED) is 0.438. The number of carbonyl (C=O) groups excluding carboxylic acids is 1. The molecule has 0 unspecified atom stereocenters. The van der Waals surface area contributed by atoms with Crippen LogP contribution in [0.3, 0.4) is 0 Å². The SMILES string of the molecule is NN(C(=O)NNc1ccccc1)c1ccccc1. The lowest BCUT2D eigenvalue weighted by molar-refractivity contribution is 0.248. The maximum atomic E-state index is 11.7. The topological polar surface area (TPSA) is 70.4 Å². The number of hydrogen-bond donors (Lipinski definition) is 3. The van der Waals surface area contributed by atoms with Crippen LogP contribution in [0.5, 0.6) is 0 Å². The van der Waals surface area contributed by atoms with E-state index in [1.54, 1.807) is 12.1 Å². The molecule has 4 N–H and O–H groups in total. The van der Waals surface area contributed by atoms with E-state index in [1.807, 2.05) is 48.5 Å². The molecule has 2 aromatic carbocycles. The zero-order valence-corrected chi connectivity index (χ0v) is 9.71. The number of rotatable bonds is 3. The van der Waals surface area contributed by atoms with Gasteiger partial charge in [0.2, 0.25) is 0 Å². The van der Waals surface area contributed by atoms with Crippen molar-refractivity contribution in [3.8, 4) is 0 Å². The predicted octanol–water partition coefficient (Wildman–Crippen LogP) is 2.10. The molecular formula is C13H14N4O. The zero-order chi connectivity index (χ0) is 12.8. The summed E-state index contributed by atoms with van der Waals surface area (Å²) in [6.45, 7) is 0. The minimum absolute atomic E-state index is 0.440. The Morgan fingerprint density at radius 3 is 2.11 bits per heavy atom. The Labute approximate surface area is 105 Å². The molecule has 2 amide bonds. The van der Waals surface area contributed by atoms with E-state index in [9.17, 15) is 4.79 Å². The Morgan fingerprint density at radius 2 is 1.50 bits per heavy atom. The van der Waals surface area contributed by atoms with Crippen LogP contribution in [0.15, 0.2) is 60.7 Å². The van der Waals surface area contributed by atoms with Crippen molar-refractivity contribution in [2.45, 2.75) is 0 Å². The molecule has 92 valence electrons. The van der Waals surface area contributed by atoms with Crippen LogP contribution in [0, 0.1) is 0 Å². The molecule has 5 heteroatoms. The zero-order valence-electron chi connectivity index (χ0n) is 9.71. The maximum absolute atomic E-state index is 11.7. The van der Waals surface area contributed by atoms with Crippen LogP contribution >= 0.6 is 0 Å². The summed E-state index contributed by atoms with van der Waals surface area (Å²) in [5.41, 5.74) is 6.68. The highest BCUT2D eigenvalue weighted by molar-refractivity contribution is 5.91. The second-order valence-electron chi connectivity index (χ2n) is 3.63. The lowest BCUT2D eigenvalue weighted by Crippen LogP contribution is -2.46. The van der Waals surface area contributed by atoms with Gasteiger partial charge in [0.05, 0.1) is 11.4 Å². The highest BCUT2D eigenvalue weighted by Crippen LogP contribution is 2.09. The number of nitrogens with zero attached hydrogens (tertiary/aromatic N) is 1. The van der Waals surface area contributed by atoms with E-state index in [0.717, 1.165) is 10.7 Å². The fourth-order valence-corrected chi connectivity index (χ4v) is 1.41. The molecule has 0 aliphatic carbocycles. The number of anilines is 2. The predicted molar refractivity (Wildman–Crippen MR) is 71.7 cm³/mol. The van der Waals surface area contributed by atoms with Gasteiger partial charge in [-0.05, 0) is 24.3 Å². The van der Waals surface area contributed by atoms with Crippen molar-refractivity contribution in [2.24, 2.45) is 5.84 Å². The third-order valence-electron chi connectivity index (χ3n) is 2.34. The van der Waals surface area contributed by atoms with Gasteiger partial charge in [0, 0.05) is 0 Å². The molecule has 0 spiro atoms. The molecule has 0 saturated heterocycles. The number of nitrogens with two attached hydrogens (primary N) is 1. The monoisotopic (exact) mass is 242 g/mol. The molecule has 0 bridgehead atoms. The summed E-state index contributed by atoms with van der Waals surface area (Å²) in [6.07, 6.45) is 0. The fraction of sp³-hybridized carbons (Fsp3) is 0. The number of carbonyl (C=O) groups is 1. The van der Waals surface area contributed by atoms with E-state index in [2.05, 4.69) is 10.9 Å². The van der Waals surface area contributed by atoms with Crippen LogP contribution in [0.25, 0.3) is 0 Å². The Hall–Kier alpha value is -2.53. The first-order valence-electron chi connectivity index (χ1n) is 5.48. The van der Waals surface area contributed by atoms with Gasteiger partial charge >= 0.3 is 6.03 Å². The molecule has 0 aliphatic rings. The molecule has 0 atom stereocenters. The van der Waals surface area contributed by atoms with E-state index < -0.39 is 6.03 Å². The first kappa shape index (κ1) is 11.9. The maximum Gasteiger partial charge on any atom is 0.354 e. The summed E-state index contributed by atoms with van der Waals surface area (Å²) in [6, 6.07) is 17.9. The van der Waals surface area contributed by atoms with Crippen LogP contribution in [0.1, 0.15) is 0 Å². The van der Waals surface area contributed by atoms with Gasteiger partial charge in [0.15, 0.2) is 0 Å². The van der Waals surface area contributed by atoms with Crippen molar-refractivity contribution in [3.05, 3.63) is 60.7 Å². The standard InChI is InChI=1S/C13H14N4O/c14-17(12-9-5-2-6-10-12)13(18)16-15-11-7-3-1-4-8-11/h1-10,15H,14H2,(H,16,18). The van der Waals surface area contributed by atoms with Crippen LogP contribution in [0.4, 0.5) is 16.2 Å². The Kier molecular flexibility index (Phi) is 3.78. The van der Waals surface area contributed by atoms with Crippen molar-refractivity contribution in [1.29, 1.82) is 0 Å². The summed E-state index contributed by atoms with van der Waals surface area (Å²) in [5, 5.41) is 1.04. The molecule has 0 aromatic heterocycles. The molecule has 0 radical (unpaired) electrons. The number of urea groups is 1. The first-order chi connectivity index (χ1) is 8.77. The van der Waals surface area contributed by atoms with Crippen LogP contribution in [0.2, 0.25) is 0 Å². The minimum atomic E-state index is -0.440. The van der Waals surface area contributed by atoms with Gasteiger partial charge in [-0.15, -0.1) is 0 Å². The van der Waals surface area contributed by atoms with E-state index in [1.165, 1.54) is 0 Å². The summed E-state index contributed by atoms with van der Waals surface area (Å²) in [5.74, 6) is 5.68. The Balaban J connectivity index is 1.93. The van der Waals surface area contributed by atoms with E-state index in [0.29, 0.717) is 5.69 Å². The summed E-state index contributed by atoms with van der Waals surface area (Å²) in [4.78, 5) is 11.7. The van der Waals surface area contributed by atoms with Crippen LogP contribution in [-0.4, -0.2) is 6.03 Å². The van der Waals surface area contributed by atoms with Crippen molar-refractivity contribution in [1.82, 2.24) is 5.43 Å². The van der Waals surface area contributed by atoms with Gasteiger partial charge in [0.1, 0.15) is 0 Å². The summed E-state index contributed by atoms with van der Waals surface area (Å²) in [7, 11) is 0. The van der Waals surface area contributed by atoms with Crippen molar-refractivity contribution < 1.29 is 4.79 Å². The van der Waals surface area contributed by atoms with E-state index in [4.69, 9.17) is 5.84 Å². The molecule has 0 aliphatic heterocycles. The number of amides is 2. The van der Waals surface area contributed by atoms with Crippen molar-refractivity contribution in [2.75, 3.05) is 10.4 Å². The molecular weight excluding hydrogens is 228 g/mol. The lowest BCUT2D eigenvalue weighted by atomic mass is 10.3. The number of hydrazine groups is 2. The van der Waals surface area contributed by atoms with Gasteiger partial charge < -0.3 is 0 Å². The summed E-state index contributed by atoms with van der Waals surface area (Å²) < 4.78 is 0. The van der Waals surface area contributed by atoms with E-state index in [-0.39, 0.29) is 0 Å². The fourth-order valence-electron chi connectivity index (χ4n) is 1.41. The molecule has 0 saturated carbocycles. The van der Waals surface area contributed by atoms with Crippen LogP contribution in [-0.2, 0) is 0 Å². The van der Waals surface area contributed by atoms with Crippen molar-refractivity contribution >= 4 is 17.4 Å². The number of nitrogens with one attached hydrogen (secondary N) is 2. The lowest BCUT2D eigenvalue weighted by Gasteiger charge is -2.18. The number of para-hydroxylation sites is 2. The summed E-state index contributed by atoms with van der Waals surface area (Å²) >= 11 is 0. The number of benzene rings is 2. The van der Waals surface area contributed by atoms with Crippen LogP contribution < -0.4 is 21.7 Å². The Bertz CT molecular complexity index is 501. The van der Waals surface area contributed by atoms with Gasteiger partial charge in [-0.25, -0.2) is 21.1 Å². The third kappa shape index (κ3) is 2.99. The second kappa shape index (κ2) is 5.70. The normalized spacial score (nSPS) is 9.61. The molecule has 0 heterocycles. The highest BCUT2D eigenvalue weighted by atomic mass is 16.2. The second-order valence-corrected chi connectivity index (χ2v) is 3.63. The third-order valence-corrected chi connectivity index (χ3v) is 2.34. The van der Waals surface area contributed by atoms with Gasteiger partial charge in [-0.3, -0.25) is 5.43 Å². The first-order valence-corrected chi connectivity index (χ1v) is 5.48. The van der Waals surface area contributed by atoms with Gasteiger partial charge in [-0.2, -0.15) is 0 Å².